The fourth-order valence-electron chi connectivity index (χ4n) is 1.51. The Morgan fingerprint density at radius 3 is 2.58 bits per heavy atom. The van der Waals surface area contributed by atoms with E-state index < -0.39 is 11.4 Å². The van der Waals surface area contributed by atoms with Crippen molar-refractivity contribution < 1.29 is 9.90 Å². The first-order valence-corrected chi connectivity index (χ1v) is 4.54. The summed E-state index contributed by atoms with van der Waals surface area (Å²) in [5.41, 5.74) is -0.588. The van der Waals surface area contributed by atoms with E-state index in [9.17, 15) is 4.79 Å². The third kappa shape index (κ3) is 1.59. The predicted octanol–water partition coefficient (Wildman–Crippen LogP) is 2.81. The highest BCUT2D eigenvalue weighted by molar-refractivity contribution is 6.55. The zero-order chi connectivity index (χ0) is 9.35. The van der Waals surface area contributed by atoms with Crippen LogP contribution < -0.4 is 0 Å². The van der Waals surface area contributed by atoms with Gasteiger partial charge in [0.2, 0.25) is 0 Å². The summed E-state index contributed by atoms with van der Waals surface area (Å²) in [6.07, 6.45) is 2.90. The molecule has 0 bridgehead atoms. The number of aliphatic carboxylic acids is 1. The monoisotopic (exact) mass is 208 g/mol. The highest BCUT2D eigenvalue weighted by Crippen LogP contribution is 2.56. The summed E-state index contributed by atoms with van der Waals surface area (Å²) in [7, 11) is 0. The van der Waals surface area contributed by atoms with Crippen molar-refractivity contribution in [3.05, 3.63) is 10.6 Å². The molecule has 0 amide bonds. The number of hydrogen-bond acceptors (Lipinski definition) is 1. The first kappa shape index (κ1) is 9.87. The molecule has 1 rings (SSSR count). The van der Waals surface area contributed by atoms with Gasteiger partial charge >= 0.3 is 5.97 Å². The minimum atomic E-state index is -0.749. The van der Waals surface area contributed by atoms with Crippen LogP contribution in [0.4, 0.5) is 0 Å². The molecule has 1 fully saturated rings. The molecule has 0 aromatic carbocycles. The van der Waals surface area contributed by atoms with E-state index >= 15 is 0 Å². The second kappa shape index (κ2) is 3.27. The Morgan fingerprint density at radius 1 is 1.75 bits per heavy atom. The van der Waals surface area contributed by atoms with Crippen LogP contribution in [0.2, 0.25) is 0 Å². The predicted molar refractivity (Wildman–Crippen MR) is 48.3 cm³/mol. The standard InChI is InChI=1S/C8H10Cl2O2/c1-2-8(7(11)12)4-5(8)3-6(9)10/h3,5H,2,4H2,1H3,(H,11,12). The Morgan fingerprint density at radius 2 is 2.33 bits per heavy atom. The number of carboxylic acids is 1. The van der Waals surface area contributed by atoms with Gasteiger partial charge in [0.25, 0.3) is 0 Å². The van der Waals surface area contributed by atoms with E-state index in [1.807, 2.05) is 6.92 Å². The van der Waals surface area contributed by atoms with Gasteiger partial charge in [0.1, 0.15) is 4.49 Å². The summed E-state index contributed by atoms with van der Waals surface area (Å²) in [4.78, 5) is 10.8. The quantitative estimate of drug-likeness (QED) is 0.775. The summed E-state index contributed by atoms with van der Waals surface area (Å²) in [5, 5.41) is 8.87. The van der Waals surface area contributed by atoms with E-state index in [-0.39, 0.29) is 10.4 Å². The molecule has 0 aromatic rings. The van der Waals surface area contributed by atoms with E-state index in [4.69, 9.17) is 28.3 Å². The van der Waals surface area contributed by atoms with Gasteiger partial charge < -0.3 is 5.11 Å². The first-order valence-electron chi connectivity index (χ1n) is 3.79. The van der Waals surface area contributed by atoms with Crippen LogP contribution in [-0.2, 0) is 4.79 Å². The lowest BCUT2D eigenvalue weighted by molar-refractivity contribution is -0.143. The van der Waals surface area contributed by atoms with Gasteiger partial charge in [-0.15, -0.1) is 0 Å². The summed E-state index contributed by atoms with van der Waals surface area (Å²) in [6.45, 7) is 1.87. The third-order valence-corrected chi connectivity index (χ3v) is 2.77. The number of carbonyl (C=O) groups is 1. The van der Waals surface area contributed by atoms with Gasteiger partial charge in [0, 0.05) is 0 Å². The molecule has 4 heteroatoms. The van der Waals surface area contributed by atoms with Crippen LogP contribution in [0.25, 0.3) is 0 Å². The second-order valence-corrected chi connectivity index (χ2v) is 4.09. The van der Waals surface area contributed by atoms with E-state index in [1.165, 1.54) is 0 Å². The lowest BCUT2D eigenvalue weighted by atomic mass is 10.0. The largest absolute Gasteiger partial charge is 0.481 e. The molecule has 2 unspecified atom stereocenters. The molecule has 0 saturated heterocycles. The summed E-state index contributed by atoms with van der Waals surface area (Å²) < 4.78 is 0.163. The Hall–Kier alpha value is -0.210. The zero-order valence-corrected chi connectivity index (χ0v) is 8.19. The summed E-state index contributed by atoms with van der Waals surface area (Å²) in [5.74, 6) is -0.731. The van der Waals surface area contributed by atoms with Gasteiger partial charge in [-0.3, -0.25) is 4.79 Å². The van der Waals surface area contributed by atoms with E-state index in [2.05, 4.69) is 0 Å². The van der Waals surface area contributed by atoms with Crippen LogP contribution >= 0.6 is 23.2 Å². The van der Waals surface area contributed by atoms with Gasteiger partial charge in [0.05, 0.1) is 5.41 Å². The maximum atomic E-state index is 10.8. The molecule has 0 radical (unpaired) electrons. The number of allylic oxidation sites excluding steroid dienone is 1. The highest BCUT2D eigenvalue weighted by Gasteiger charge is 2.57. The Labute approximate surface area is 81.2 Å². The topological polar surface area (TPSA) is 37.3 Å². The molecular formula is C8H10Cl2O2. The van der Waals surface area contributed by atoms with E-state index in [1.54, 1.807) is 6.08 Å². The van der Waals surface area contributed by atoms with Gasteiger partial charge in [0.15, 0.2) is 0 Å². The number of halogens is 2. The van der Waals surface area contributed by atoms with Crippen LogP contribution in [0.1, 0.15) is 19.8 Å². The number of carboxylic acid groups (broad SMARTS) is 1. The average Bonchev–Trinajstić information content (AvgIpc) is 2.62. The Balaban J connectivity index is 2.68. The van der Waals surface area contributed by atoms with E-state index in [0.29, 0.717) is 12.8 Å². The van der Waals surface area contributed by atoms with Crippen molar-refractivity contribution in [2.45, 2.75) is 19.8 Å². The fraction of sp³-hybridized carbons (Fsp3) is 0.625. The smallest absolute Gasteiger partial charge is 0.310 e. The van der Waals surface area contributed by atoms with Crippen molar-refractivity contribution in [3.63, 3.8) is 0 Å². The van der Waals surface area contributed by atoms with Gasteiger partial charge in [-0.2, -0.15) is 0 Å². The molecule has 1 saturated carbocycles. The van der Waals surface area contributed by atoms with Gasteiger partial charge in [-0.1, -0.05) is 30.1 Å². The van der Waals surface area contributed by atoms with Crippen molar-refractivity contribution in [3.8, 4) is 0 Å². The second-order valence-electron chi connectivity index (χ2n) is 3.08. The molecule has 0 aliphatic heterocycles. The molecule has 1 aliphatic rings. The van der Waals surface area contributed by atoms with Crippen LogP contribution in [-0.4, -0.2) is 11.1 Å². The Bertz CT molecular complexity index is 233. The molecule has 2 atom stereocenters. The molecule has 1 N–H and O–H groups in total. The molecule has 1 aliphatic carbocycles. The van der Waals surface area contributed by atoms with Crippen LogP contribution in [0.5, 0.6) is 0 Å². The molecule has 2 nitrogen and oxygen atoms in total. The van der Waals surface area contributed by atoms with Crippen LogP contribution in [0.15, 0.2) is 10.6 Å². The minimum absolute atomic E-state index is 0.0185. The van der Waals surface area contributed by atoms with Crippen molar-refractivity contribution in [1.29, 1.82) is 0 Å². The normalized spacial score (nSPS) is 32.8. The molecule has 12 heavy (non-hydrogen) atoms. The SMILES string of the molecule is CCC1(C(=O)O)CC1C=C(Cl)Cl. The van der Waals surface area contributed by atoms with Crippen molar-refractivity contribution in [1.82, 2.24) is 0 Å². The van der Waals surface area contributed by atoms with E-state index in [0.717, 1.165) is 0 Å². The maximum Gasteiger partial charge on any atom is 0.310 e. The fourth-order valence-corrected chi connectivity index (χ4v) is 1.81. The molecular weight excluding hydrogens is 199 g/mol. The van der Waals surface area contributed by atoms with Crippen LogP contribution in [0, 0.1) is 11.3 Å². The molecule has 0 aromatic heterocycles. The lowest BCUT2D eigenvalue weighted by Crippen LogP contribution is -2.15. The molecule has 0 heterocycles. The zero-order valence-electron chi connectivity index (χ0n) is 6.68. The first-order chi connectivity index (χ1) is 5.53. The average molecular weight is 209 g/mol. The van der Waals surface area contributed by atoms with Crippen LogP contribution in [0.3, 0.4) is 0 Å². The molecule has 68 valence electrons. The highest BCUT2D eigenvalue weighted by atomic mass is 35.5. The summed E-state index contributed by atoms with van der Waals surface area (Å²) in [6, 6.07) is 0. The maximum absolute atomic E-state index is 10.8. The third-order valence-electron chi connectivity index (χ3n) is 2.52. The van der Waals surface area contributed by atoms with Crippen molar-refractivity contribution in [2.75, 3.05) is 0 Å². The molecule has 0 spiro atoms. The summed E-state index contributed by atoms with van der Waals surface area (Å²) >= 11 is 10.9. The Kier molecular flexibility index (Phi) is 2.69. The van der Waals surface area contributed by atoms with Gasteiger partial charge in [-0.05, 0) is 24.8 Å². The minimum Gasteiger partial charge on any atom is -0.481 e. The van der Waals surface area contributed by atoms with Crippen molar-refractivity contribution in [2.24, 2.45) is 11.3 Å². The number of rotatable bonds is 3. The van der Waals surface area contributed by atoms with Crippen molar-refractivity contribution >= 4 is 29.2 Å². The van der Waals surface area contributed by atoms with Gasteiger partial charge in [-0.25, -0.2) is 0 Å². The lowest BCUT2D eigenvalue weighted by Gasteiger charge is -2.05. The number of hydrogen-bond donors (Lipinski definition) is 1.